The standard InChI is InChI=1S/C33H39NO5.ClH/c1-32(2,3)31(35)39-27-16-17-28-30(22-27)38-23-29(24-10-6-4-7-11-24)33(28,36)25-12-14-26(15-13-25)37-21-20-34-18-8-5-9-19-34;/h4,6-7,10-17,22,29,36H,5,8-9,18-21,23H2,1-3H3;1H. The van der Waals surface area contributed by atoms with Crippen molar-refractivity contribution >= 4 is 18.4 Å². The topological polar surface area (TPSA) is 68.2 Å². The molecule has 0 spiro atoms. The molecule has 2 heterocycles. The van der Waals surface area contributed by atoms with Crippen LogP contribution in [0, 0.1) is 5.41 Å². The summed E-state index contributed by atoms with van der Waals surface area (Å²) in [4.78, 5) is 14.9. The zero-order chi connectivity index (χ0) is 27.5. The number of benzene rings is 3. The second-order valence-electron chi connectivity index (χ2n) is 11.6. The summed E-state index contributed by atoms with van der Waals surface area (Å²) >= 11 is 0. The molecule has 3 aromatic carbocycles. The zero-order valence-corrected chi connectivity index (χ0v) is 24.4. The molecule has 5 rings (SSSR count). The highest BCUT2D eigenvalue weighted by atomic mass is 35.5. The largest absolute Gasteiger partial charge is 0.492 e. The molecule has 6 nitrogen and oxygen atoms in total. The minimum absolute atomic E-state index is 0. The Morgan fingerprint density at radius 1 is 0.975 bits per heavy atom. The van der Waals surface area contributed by atoms with Crippen LogP contribution in [0.1, 0.15) is 62.6 Å². The van der Waals surface area contributed by atoms with Crippen molar-refractivity contribution < 1.29 is 24.1 Å². The third-order valence-corrected chi connectivity index (χ3v) is 7.72. The van der Waals surface area contributed by atoms with E-state index >= 15 is 0 Å². The van der Waals surface area contributed by atoms with Gasteiger partial charge in [-0.1, -0.05) is 48.9 Å². The molecule has 2 aliphatic heterocycles. The van der Waals surface area contributed by atoms with Gasteiger partial charge in [0, 0.05) is 18.2 Å². The average Bonchev–Trinajstić information content (AvgIpc) is 2.94. The van der Waals surface area contributed by atoms with Crippen molar-refractivity contribution in [3.05, 3.63) is 89.5 Å². The molecule has 0 radical (unpaired) electrons. The van der Waals surface area contributed by atoms with Gasteiger partial charge in [-0.05, 0) is 82.1 Å². The number of fused-ring (bicyclic) bond motifs is 1. The highest BCUT2D eigenvalue weighted by molar-refractivity contribution is 5.85. The molecule has 1 N–H and O–H groups in total. The van der Waals surface area contributed by atoms with E-state index in [0.29, 0.717) is 23.7 Å². The van der Waals surface area contributed by atoms with E-state index in [4.69, 9.17) is 14.2 Å². The Morgan fingerprint density at radius 2 is 1.65 bits per heavy atom. The number of hydrogen-bond acceptors (Lipinski definition) is 6. The van der Waals surface area contributed by atoms with Gasteiger partial charge < -0.3 is 19.3 Å². The first-order valence-corrected chi connectivity index (χ1v) is 14.0. The zero-order valence-electron chi connectivity index (χ0n) is 23.6. The predicted molar refractivity (Wildman–Crippen MR) is 159 cm³/mol. The molecule has 2 atom stereocenters. The maximum absolute atomic E-state index is 12.5. The van der Waals surface area contributed by atoms with E-state index in [1.807, 2.05) is 75.4 Å². The van der Waals surface area contributed by atoms with Crippen LogP contribution in [0.15, 0.2) is 72.8 Å². The summed E-state index contributed by atoms with van der Waals surface area (Å²) in [6, 6.07) is 22.9. The van der Waals surface area contributed by atoms with Gasteiger partial charge in [-0.15, -0.1) is 12.4 Å². The molecule has 3 aromatic rings. The van der Waals surface area contributed by atoms with Crippen molar-refractivity contribution in [2.75, 3.05) is 32.8 Å². The third-order valence-electron chi connectivity index (χ3n) is 7.72. The lowest BCUT2D eigenvalue weighted by molar-refractivity contribution is -0.143. The number of aliphatic hydroxyl groups is 1. The highest BCUT2D eigenvalue weighted by Crippen LogP contribution is 2.50. The van der Waals surface area contributed by atoms with Crippen LogP contribution in [-0.4, -0.2) is 48.8 Å². The van der Waals surface area contributed by atoms with Crippen LogP contribution in [0.3, 0.4) is 0 Å². The molecule has 7 heteroatoms. The Bertz CT molecular complexity index is 1270. The fourth-order valence-corrected chi connectivity index (χ4v) is 5.40. The van der Waals surface area contributed by atoms with Crippen LogP contribution in [-0.2, 0) is 10.4 Å². The maximum Gasteiger partial charge on any atom is 0.316 e. The molecule has 0 amide bonds. The normalized spacial score (nSPS) is 20.9. The second kappa shape index (κ2) is 12.6. The number of nitrogens with zero attached hydrogens (tertiary/aromatic N) is 1. The van der Waals surface area contributed by atoms with Crippen LogP contribution in [0.4, 0.5) is 0 Å². The summed E-state index contributed by atoms with van der Waals surface area (Å²) in [5.41, 5.74) is 0.387. The van der Waals surface area contributed by atoms with Crippen LogP contribution in [0.2, 0.25) is 0 Å². The molecule has 40 heavy (non-hydrogen) atoms. The summed E-state index contributed by atoms with van der Waals surface area (Å²) in [7, 11) is 0. The van der Waals surface area contributed by atoms with Crippen LogP contribution in [0.25, 0.3) is 0 Å². The number of rotatable bonds is 7. The minimum atomic E-state index is -1.35. The van der Waals surface area contributed by atoms with E-state index in [1.54, 1.807) is 18.2 Å². The van der Waals surface area contributed by atoms with Gasteiger partial charge >= 0.3 is 5.97 Å². The molecule has 0 saturated carbocycles. The first-order valence-electron chi connectivity index (χ1n) is 14.0. The number of carbonyl (C=O) groups is 1. The summed E-state index contributed by atoms with van der Waals surface area (Å²) in [5, 5.41) is 12.5. The molecule has 2 aliphatic rings. The summed E-state index contributed by atoms with van der Waals surface area (Å²) < 4.78 is 17.8. The molecule has 0 aromatic heterocycles. The lowest BCUT2D eigenvalue weighted by Gasteiger charge is -2.42. The van der Waals surface area contributed by atoms with Gasteiger partial charge in [0.05, 0.1) is 17.9 Å². The lowest BCUT2D eigenvalue weighted by atomic mass is 9.71. The Kier molecular flexibility index (Phi) is 9.44. The monoisotopic (exact) mass is 565 g/mol. The summed E-state index contributed by atoms with van der Waals surface area (Å²) in [6.07, 6.45) is 3.85. The first kappa shape index (κ1) is 29.9. The highest BCUT2D eigenvalue weighted by Gasteiger charge is 2.46. The van der Waals surface area contributed by atoms with Crippen LogP contribution in [0.5, 0.6) is 17.2 Å². The maximum atomic E-state index is 12.5. The Balaban J connectivity index is 0.00000370. The molecule has 1 fully saturated rings. The number of piperidine rings is 1. The summed E-state index contributed by atoms with van der Waals surface area (Å²) in [6.45, 7) is 9.58. The van der Waals surface area contributed by atoms with Crippen molar-refractivity contribution in [2.45, 2.75) is 51.6 Å². The predicted octanol–water partition coefficient (Wildman–Crippen LogP) is 6.34. The number of halogens is 1. The smallest absolute Gasteiger partial charge is 0.316 e. The number of ether oxygens (including phenoxy) is 3. The van der Waals surface area contributed by atoms with Crippen molar-refractivity contribution in [1.82, 2.24) is 4.90 Å². The van der Waals surface area contributed by atoms with Gasteiger partial charge in [0.25, 0.3) is 0 Å². The first-order chi connectivity index (χ1) is 18.7. The van der Waals surface area contributed by atoms with E-state index in [2.05, 4.69) is 4.90 Å². The number of carbonyl (C=O) groups excluding carboxylic acids is 1. The molecule has 214 valence electrons. The van der Waals surface area contributed by atoms with Crippen molar-refractivity contribution in [2.24, 2.45) is 5.41 Å². The van der Waals surface area contributed by atoms with Gasteiger partial charge in [0.1, 0.15) is 29.5 Å². The molecular weight excluding hydrogens is 526 g/mol. The fourth-order valence-electron chi connectivity index (χ4n) is 5.40. The Hall–Kier alpha value is -3.06. The van der Waals surface area contributed by atoms with E-state index in [1.165, 1.54) is 19.3 Å². The van der Waals surface area contributed by atoms with Gasteiger partial charge in [-0.3, -0.25) is 9.69 Å². The molecule has 0 bridgehead atoms. The van der Waals surface area contributed by atoms with Gasteiger partial charge in [0.2, 0.25) is 0 Å². The van der Waals surface area contributed by atoms with E-state index in [9.17, 15) is 9.90 Å². The van der Waals surface area contributed by atoms with Crippen LogP contribution < -0.4 is 14.2 Å². The van der Waals surface area contributed by atoms with Gasteiger partial charge in [-0.2, -0.15) is 0 Å². The Labute approximate surface area is 243 Å². The van der Waals surface area contributed by atoms with Gasteiger partial charge in [0.15, 0.2) is 0 Å². The minimum Gasteiger partial charge on any atom is -0.492 e. The molecule has 0 aliphatic carbocycles. The quantitative estimate of drug-likeness (QED) is 0.266. The Morgan fingerprint density at radius 3 is 2.33 bits per heavy atom. The van der Waals surface area contributed by atoms with Crippen molar-refractivity contribution in [3.8, 4) is 17.2 Å². The molecule has 1 saturated heterocycles. The third kappa shape index (κ3) is 6.46. The summed E-state index contributed by atoms with van der Waals surface area (Å²) in [5.74, 6) is 1.02. The lowest BCUT2D eigenvalue weighted by Crippen LogP contribution is -2.41. The molecule has 2 unspecified atom stereocenters. The van der Waals surface area contributed by atoms with Crippen molar-refractivity contribution in [1.29, 1.82) is 0 Å². The van der Waals surface area contributed by atoms with E-state index in [0.717, 1.165) is 36.5 Å². The van der Waals surface area contributed by atoms with Crippen LogP contribution >= 0.6 is 12.4 Å². The van der Waals surface area contributed by atoms with Gasteiger partial charge in [-0.25, -0.2) is 0 Å². The van der Waals surface area contributed by atoms with E-state index < -0.39 is 11.0 Å². The van der Waals surface area contributed by atoms with Crippen molar-refractivity contribution in [3.63, 3.8) is 0 Å². The van der Waals surface area contributed by atoms with E-state index in [-0.39, 0.29) is 30.9 Å². The fraction of sp³-hybridized carbons (Fsp3) is 0.424. The molecular formula is C33H40ClNO5. The number of likely N-dealkylation sites (tertiary alicyclic amines) is 1. The number of esters is 1. The SMILES string of the molecule is CC(C)(C)C(=O)Oc1ccc2c(c1)OCC(c1ccccc1)C2(O)c1ccc(OCCN2CCCCC2)cc1.Cl. The second-order valence-corrected chi connectivity index (χ2v) is 11.6. The average molecular weight is 566 g/mol. The number of hydrogen-bond donors (Lipinski definition) is 1.